The Morgan fingerprint density at radius 2 is 1.69 bits per heavy atom. The molecule has 0 bridgehead atoms. The van der Waals surface area contributed by atoms with Crippen LogP contribution >= 0.6 is 0 Å². The van der Waals surface area contributed by atoms with E-state index in [9.17, 15) is 0 Å². The molecule has 16 heavy (non-hydrogen) atoms. The first kappa shape index (κ1) is 10.5. The minimum absolute atomic E-state index is 1.08. The van der Waals surface area contributed by atoms with Crippen molar-refractivity contribution in [1.29, 1.82) is 0 Å². The molecule has 0 radical (unpaired) electrons. The number of anilines is 2. The number of hydrogen-bond acceptors (Lipinski definition) is 1. The Balaban J connectivity index is 2.26. The normalized spacial score (nSPS) is 9.81. The lowest BCUT2D eigenvalue weighted by Crippen LogP contribution is -1.92. The third-order valence-electron chi connectivity index (χ3n) is 2.51. The van der Waals surface area contributed by atoms with Crippen LogP contribution in [0, 0.1) is 6.92 Å². The fraction of sp³-hybridized carbons (Fsp3) is 0.0667. The van der Waals surface area contributed by atoms with Crippen LogP contribution in [0.3, 0.4) is 0 Å². The van der Waals surface area contributed by atoms with Crippen LogP contribution in [0.4, 0.5) is 11.4 Å². The van der Waals surface area contributed by atoms with E-state index in [1.807, 2.05) is 24.3 Å². The molecule has 0 atom stereocenters. The van der Waals surface area contributed by atoms with Gasteiger partial charge >= 0.3 is 0 Å². The van der Waals surface area contributed by atoms with Crippen molar-refractivity contribution < 1.29 is 0 Å². The fourth-order valence-corrected chi connectivity index (χ4v) is 1.58. The van der Waals surface area contributed by atoms with Gasteiger partial charge in [0.1, 0.15) is 0 Å². The summed E-state index contributed by atoms with van der Waals surface area (Å²) >= 11 is 0. The zero-order chi connectivity index (χ0) is 11.4. The SMILES string of the molecule is C=Cc1ccccc1Nc1ccc(C)cc1. The predicted octanol–water partition coefficient (Wildman–Crippen LogP) is 4.38. The van der Waals surface area contributed by atoms with Crippen LogP contribution < -0.4 is 5.32 Å². The molecule has 0 fully saturated rings. The molecule has 0 saturated heterocycles. The summed E-state index contributed by atoms with van der Waals surface area (Å²) in [4.78, 5) is 0. The van der Waals surface area contributed by atoms with E-state index in [4.69, 9.17) is 0 Å². The van der Waals surface area contributed by atoms with Crippen LogP contribution in [-0.4, -0.2) is 0 Å². The number of rotatable bonds is 3. The quantitative estimate of drug-likeness (QED) is 0.791. The Hall–Kier alpha value is -2.02. The van der Waals surface area contributed by atoms with Crippen LogP contribution in [-0.2, 0) is 0 Å². The van der Waals surface area contributed by atoms with Crippen LogP contribution in [0.5, 0.6) is 0 Å². The molecule has 2 aromatic rings. The highest BCUT2D eigenvalue weighted by Crippen LogP contribution is 2.21. The maximum atomic E-state index is 3.81. The topological polar surface area (TPSA) is 12.0 Å². The van der Waals surface area contributed by atoms with Gasteiger partial charge in [0.05, 0.1) is 0 Å². The van der Waals surface area contributed by atoms with Gasteiger partial charge in [-0.15, -0.1) is 0 Å². The molecule has 0 spiro atoms. The van der Waals surface area contributed by atoms with Crippen molar-refractivity contribution in [2.24, 2.45) is 0 Å². The van der Waals surface area contributed by atoms with Crippen molar-refractivity contribution in [2.45, 2.75) is 6.92 Å². The minimum Gasteiger partial charge on any atom is -0.355 e. The summed E-state index contributed by atoms with van der Waals surface area (Å²) in [6.45, 7) is 5.89. The third-order valence-corrected chi connectivity index (χ3v) is 2.51. The molecule has 0 aliphatic carbocycles. The molecular weight excluding hydrogens is 194 g/mol. The smallest absolute Gasteiger partial charge is 0.0457 e. The summed E-state index contributed by atoms with van der Waals surface area (Å²) in [6, 6.07) is 16.5. The Morgan fingerprint density at radius 1 is 1.00 bits per heavy atom. The number of para-hydroxylation sites is 1. The van der Waals surface area contributed by atoms with E-state index < -0.39 is 0 Å². The van der Waals surface area contributed by atoms with Gasteiger partial charge in [0.2, 0.25) is 0 Å². The van der Waals surface area contributed by atoms with E-state index in [0.29, 0.717) is 0 Å². The first-order valence-electron chi connectivity index (χ1n) is 5.35. The Kier molecular flexibility index (Phi) is 3.06. The van der Waals surface area contributed by atoms with Crippen molar-refractivity contribution in [2.75, 3.05) is 5.32 Å². The molecule has 1 N–H and O–H groups in total. The van der Waals surface area contributed by atoms with Crippen molar-refractivity contribution in [3.63, 3.8) is 0 Å². The highest BCUT2D eigenvalue weighted by atomic mass is 14.9. The summed E-state index contributed by atoms with van der Waals surface area (Å²) in [5.74, 6) is 0. The van der Waals surface area contributed by atoms with Gasteiger partial charge in [-0.3, -0.25) is 0 Å². The lowest BCUT2D eigenvalue weighted by Gasteiger charge is -2.09. The van der Waals surface area contributed by atoms with Gasteiger partial charge in [-0.2, -0.15) is 0 Å². The highest BCUT2D eigenvalue weighted by molar-refractivity contribution is 5.71. The second kappa shape index (κ2) is 4.67. The summed E-state index contributed by atoms with van der Waals surface area (Å²) in [6.07, 6.45) is 1.86. The van der Waals surface area contributed by atoms with Crippen molar-refractivity contribution in [1.82, 2.24) is 0 Å². The Labute approximate surface area is 96.4 Å². The molecule has 1 nitrogen and oxygen atoms in total. The molecule has 0 unspecified atom stereocenters. The summed E-state index contributed by atoms with van der Waals surface area (Å²) < 4.78 is 0. The van der Waals surface area contributed by atoms with Gasteiger partial charge in [0, 0.05) is 11.4 Å². The van der Waals surface area contributed by atoms with Crippen molar-refractivity contribution in [3.8, 4) is 0 Å². The Bertz CT molecular complexity index is 483. The van der Waals surface area contributed by atoms with Crippen molar-refractivity contribution in [3.05, 3.63) is 66.2 Å². The van der Waals surface area contributed by atoms with E-state index >= 15 is 0 Å². The van der Waals surface area contributed by atoms with Gasteiger partial charge in [-0.05, 0) is 30.7 Å². The zero-order valence-corrected chi connectivity index (χ0v) is 9.40. The molecule has 0 aliphatic rings. The van der Waals surface area contributed by atoms with Crippen LogP contribution in [0.25, 0.3) is 6.08 Å². The molecule has 0 aliphatic heterocycles. The number of nitrogens with one attached hydrogen (secondary N) is 1. The van der Waals surface area contributed by atoms with E-state index in [1.54, 1.807) is 0 Å². The molecule has 80 valence electrons. The predicted molar refractivity (Wildman–Crippen MR) is 71.0 cm³/mol. The largest absolute Gasteiger partial charge is 0.355 e. The zero-order valence-electron chi connectivity index (χ0n) is 9.40. The first-order chi connectivity index (χ1) is 7.79. The maximum Gasteiger partial charge on any atom is 0.0457 e. The average molecular weight is 209 g/mol. The molecular formula is C15H15N. The molecule has 0 aromatic heterocycles. The number of hydrogen-bond donors (Lipinski definition) is 1. The molecule has 2 rings (SSSR count). The van der Waals surface area contributed by atoms with Gasteiger partial charge in [-0.25, -0.2) is 0 Å². The summed E-state index contributed by atoms with van der Waals surface area (Å²) in [5.41, 5.74) is 4.56. The minimum atomic E-state index is 1.08. The molecule has 0 saturated carbocycles. The van der Waals surface area contributed by atoms with E-state index in [-0.39, 0.29) is 0 Å². The standard InChI is InChI=1S/C15H15N/c1-3-13-6-4-5-7-15(13)16-14-10-8-12(2)9-11-14/h3-11,16H,1H2,2H3. The van der Waals surface area contributed by atoms with Crippen molar-refractivity contribution >= 4 is 17.5 Å². The lowest BCUT2D eigenvalue weighted by molar-refractivity contribution is 1.45. The molecule has 0 heterocycles. The van der Waals surface area contributed by atoms with Crippen LogP contribution in [0.15, 0.2) is 55.1 Å². The number of aryl methyl sites for hydroxylation is 1. The molecule has 1 heteroatoms. The van der Waals surface area contributed by atoms with E-state index in [1.165, 1.54) is 5.56 Å². The van der Waals surface area contributed by atoms with Gasteiger partial charge in [0.15, 0.2) is 0 Å². The van der Waals surface area contributed by atoms with Gasteiger partial charge in [-0.1, -0.05) is 48.6 Å². The second-order valence-electron chi connectivity index (χ2n) is 3.78. The maximum absolute atomic E-state index is 3.81. The second-order valence-corrected chi connectivity index (χ2v) is 3.78. The molecule has 0 amide bonds. The van der Waals surface area contributed by atoms with E-state index in [0.717, 1.165) is 16.9 Å². The first-order valence-corrected chi connectivity index (χ1v) is 5.35. The summed E-state index contributed by atoms with van der Waals surface area (Å²) in [5, 5.41) is 3.38. The monoisotopic (exact) mass is 209 g/mol. The van der Waals surface area contributed by atoms with E-state index in [2.05, 4.69) is 49.2 Å². The third kappa shape index (κ3) is 2.31. The van der Waals surface area contributed by atoms with Gasteiger partial charge in [0.25, 0.3) is 0 Å². The Morgan fingerprint density at radius 3 is 2.38 bits per heavy atom. The highest BCUT2D eigenvalue weighted by Gasteiger charge is 1.98. The van der Waals surface area contributed by atoms with Crippen LogP contribution in [0.1, 0.15) is 11.1 Å². The van der Waals surface area contributed by atoms with Gasteiger partial charge < -0.3 is 5.32 Å². The lowest BCUT2D eigenvalue weighted by atomic mass is 10.1. The average Bonchev–Trinajstić information content (AvgIpc) is 2.33. The van der Waals surface area contributed by atoms with Crippen LogP contribution in [0.2, 0.25) is 0 Å². The fourth-order valence-electron chi connectivity index (χ4n) is 1.58. The number of benzene rings is 2. The molecule has 2 aromatic carbocycles. The summed E-state index contributed by atoms with van der Waals surface area (Å²) in [7, 11) is 0.